The number of hydrogen-bond acceptors (Lipinski definition) is 4. The zero-order chi connectivity index (χ0) is 10.7. The molecule has 76 valence electrons. The van der Waals surface area contributed by atoms with Crippen LogP contribution in [0.5, 0.6) is 17.2 Å². The fraction of sp³-hybridized carbons (Fsp3) is 0.222. The number of carbonyl (C=O) groups excluding carboxylic acids is 1. The molecule has 0 aliphatic heterocycles. The molecule has 0 bridgehead atoms. The molecule has 0 fully saturated rings. The van der Waals surface area contributed by atoms with Gasteiger partial charge in [-0.1, -0.05) is 0 Å². The summed E-state index contributed by atoms with van der Waals surface area (Å²) in [5, 5.41) is 9.47. The van der Waals surface area contributed by atoms with E-state index in [1.54, 1.807) is 0 Å². The van der Waals surface area contributed by atoms with E-state index in [4.69, 9.17) is 9.47 Å². The summed E-state index contributed by atoms with van der Waals surface area (Å²) < 4.78 is 10.3. The third-order valence-electron chi connectivity index (χ3n) is 1.73. The second kappa shape index (κ2) is 4.32. The Balaban J connectivity index is 3.50. The number of benzene rings is 1. The van der Waals surface area contributed by atoms with Gasteiger partial charge in [0.1, 0.15) is 0 Å². The average molecular weight is 261 g/mol. The Morgan fingerprint density at radius 1 is 1.36 bits per heavy atom. The van der Waals surface area contributed by atoms with Crippen molar-refractivity contribution < 1.29 is 19.4 Å². The van der Waals surface area contributed by atoms with Crippen LogP contribution in [0.2, 0.25) is 0 Å². The maximum Gasteiger partial charge on any atom is 0.203 e. The number of aldehydes is 1. The molecule has 1 aromatic rings. The van der Waals surface area contributed by atoms with E-state index in [2.05, 4.69) is 15.9 Å². The topological polar surface area (TPSA) is 55.8 Å². The van der Waals surface area contributed by atoms with E-state index < -0.39 is 0 Å². The molecular formula is C9H9BrO4. The van der Waals surface area contributed by atoms with Crippen LogP contribution < -0.4 is 9.47 Å². The first-order valence-electron chi connectivity index (χ1n) is 3.74. The van der Waals surface area contributed by atoms with Gasteiger partial charge in [0.25, 0.3) is 0 Å². The molecule has 0 atom stereocenters. The molecule has 1 aromatic carbocycles. The van der Waals surface area contributed by atoms with Crippen LogP contribution in [0, 0.1) is 0 Å². The lowest BCUT2D eigenvalue weighted by atomic mass is 10.2. The van der Waals surface area contributed by atoms with Crippen molar-refractivity contribution in [3.63, 3.8) is 0 Å². The van der Waals surface area contributed by atoms with Gasteiger partial charge in [0.05, 0.1) is 19.8 Å². The van der Waals surface area contributed by atoms with E-state index in [1.165, 1.54) is 20.3 Å². The van der Waals surface area contributed by atoms with Gasteiger partial charge < -0.3 is 14.6 Å². The lowest BCUT2D eigenvalue weighted by Crippen LogP contribution is -1.96. The second-order valence-electron chi connectivity index (χ2n) is 2.48. The van der Waals surface area contributed by atoms with Crippen molar-refractivity contribution in [2.45, 2.75) is 0 Å². The molecular weight excluding hydrogens is 252 g/mol. The SMILES string of the molecule is COc1c(O)cc(Br)c(C=O)c1OC. The molecule has 14 heavy (non-hydrogen) atoms. The second-order valence-corrected chi connectivity index (χ2v) is 3.33. The molecule has 5 heteroatoms. The number of ether oxygens (including phenoxy) is 2. The Kier molecular flexibility index (Phi) is 3.35. The van der Waals surface area contributed by atoms with Gasteiger partial charge >= 0.3 is 0 Å². The smallest absolute Gasteiger partial charge is 0.203 e. The highest BCUT2D eigenvalue weighted by molar-refractivity contribution is 9.10. The van der Waals surface area contributed by atoms with Gasteiger partial charge in [0.15, 0.2) is 17.8 Å². The Labute approximate surface area is 89.6 Å². The number of phenolic OH excluding ortho intramolecular Hbond substituents is 1. The Morgan fingerprint density at radius 3 is 2.36 bits per heavy atom. The van der Waals surface area contributed by atoms with Crippen molar-refractivity contribution in [2.24, 2.45) is 0 Å². The maximum absolute atomic E-state index is 10.7. The van der Waals surface area contributed by atoms with Crippen LogP contribution in [-0.4, -0.2) is 25.6 Å². The monoisotopic (exact) mass is 260 g/mol. The minimum Gasteiger partial charge on any atom is -0.504 e. The highest BCUT2D eigenvalue weighted by Crippen LogP contribution is 2.42. The van der Waals surface area contributed by atoms with Crippen molar-refractivity contribution in [1.29, 1.82) is 0 Å². The molecule has 4 nitrogen and oxygen atoms in total. The summed E-state index contributed by atoms with van der Waals surface area (Å²) >= 11 is 3.14. The molecule has 0 unspecified atom stereocenters. The fourth-order valence-corrected chi connectivity index (χ4v) is 1.61. The fourth-order valence-electron chi connectivity index (χ4n) is 1.12. The first-order valence-corrected chi connectivity index (χ1v) is 4.53. The number of halogens is 1. The minimum absolute atomic E-state index is 0.0816. The molecule has 0 spiro atoms. The van der Waals surface area contributed by atoms with Crippen molar-refractivity contribution in [2.75, 3.05) is 14.2 Å². The van der Waals surface area contributed by atoms with Crippen LogP contribution in [0.15, 0.2) is 10.5 Å². The first-order chi connectivity index (χ1) is 6.65. The van der Waals surface area contributed by atoms with Gasteiger partial charge in [-0.25, -0.2) is 0 Å². The number of rotatable bonds is 3. The van der Waals surface area contributed by atoms with Crippen LogP contribution in [0.1, 0.15) is 10.4 Å². The van der Waals surface area contributed by atoms with Crippen LogP contribution in [0.4, 0.5) is 0 Å². The highest BCUT2D eigenvalue weighted by Gasteiger charge is 2.17. The molecule has 1 N–H and O–H groups in total. The van der Waals surface area contributed by atoms with Crippen LogP contribution >= 0.6 is 15.9 Å². The zero-order valence-electron chi connectivity index (χ0n) is 7.70. The molecule has 0 heterocycles. The maximum atomic E-state index is 10.7. The minimum atomic E-state index is -0.0816. The zero-order valence-corrected chi connectivity index (χ0v) is 9.29. The normalized spacial score (nSPS) is 9.64. The summed E-state index contributed by atoms with van der Waals surface area (Å²) in [5.41, 5.74) is 0.308. The highest BCUT2D eigenvalue weighted by atomic mass is 79.9. The molecule has 0 radical (unpaired) electrons. The molecule has 0 saturated carbocycles. The van der Waals surface area contributed by atoms with Crippen molar-refractivity contribution in [1.82, 2.24) is 0 Å². The molecule has 0 aliphatic rings. The van der Waals surface area contributed by atoms with Gasteiger partial charge in [-0.2, -0.15) is 0 Å². The van der Waals surface area contributed by atoms with E-state index in [0.717, 1.165) is 0 Å². The van der Waals surface area contributed by atoms with Gasteiger partial charge in [0.2, 0.25) is 5.75 Å². The molecule has 1 rings (SSSR count). The summed E-state index contributed by atoms with van der Waals surface area (Å²) in [7, 11) is 2.79. The van der Waals surface area contributed by atoms with Gasteiger partial charge in [0, 0.05) is 4.47 Å². The Bertz CT molecular complexity index is 362. The van der Waals surface area contributed by atoms with Gasteiger partial charge in [-0.3, -0.25) is 4.79 Å². The summed E-state index contributed by atoms with van der Waals surface area (Å²) in [5.74, 6) is 0.286. The molecule has 0 amide bonds. The van der Waals surface area contributed by atoms with E-state index in [0.29, 0.717) is 16.3 Å². The average Bonchev–Trinajstić information content (AvgIpc) is 2.16. The Morgan fingerprint density at radius 2 is 1.93 bits per heavy atom. The van der Waals surface area contributed by atoms with Crippen LogP contribution in [0.25, 0.3) is 0 Å². The quantitative estimate of drug-likeness (QED) is 0.845. The van der Waals surface area contributed by atoms with E-state index in [-0.39, 0.29) is 17.2 Å². The molecule has 0 saturated heterocycles. The number of methoxy groups -OCH3 is 2. The van der Waals surface area contributed by atoms with Crippen molar-refractivity contribution >= 4 is 22.2 Å². The molecule has 0 aliphatic carbocycles. The predicted molar refractivity (Wildman–Crippen MR) is 54.3 cm³/mol. The summed E-state index contributed by atoms with van der Waals surface area (Å²) in [4.78, 5) is 10.7. The van der Waals surface area contributed by atoms with Crippen LogP contribution in [-0.2, 0) is 0 Å². The number of aromatic hydroxyl groups is 1. The number of phenols is 1. The summed E-state index contributed by atoms with van der Waals surface area (Å²) in [6.45, 7) is 0. The van der Waals surface area contributed by atoms with Crippen molar-refractivity contribution in [3.8, 4) is 17.2 Å². The van der Waals surface area contributed by atoms with Gasteiger partial charge in [-0.15, -0.1) is 0 Å². The van der Waals surface area contributed by atoms with Gasteiger partial charge in [-0.05, 0) is 22.0 Å². The van der Waals surface area contributed by atoms with Crippen LogP contribution in [0.3, 0.4) is 0 Å². The van der Waals surface area contributed by atoms with E-state index in [9.17, 15) is 9.90 Å². The largest absolute Gasteiger partial charge is 0.504 e. The first kappa shape index (κ1) is 10.8. The third-order valence-corrected chi connectivity index (χ3v) is 2.39. The predicted octanol–water partition coefficient (Wildman–Crippen LogP) is 1.98. The lowest BCUT2D eigenvalue weighted by molar-refractivity contribution is 0.111. The summed E-state index contributed by atoms with van der Waals surface area (Å²) in [6.07, 6.45) is 0.630. The molecule has 0 aromatic heterocycles. The van der Waals surface area contributed by atoms with E-state index in [1.807, 2.05) is 0 Å². The standard InChI is InChI=1S/C9H9BrO4/c1-13-8-5(4-11)6(10)3-7(12)9(8)14-2/h3-4,12H,1-2H3. The lowest BCUT2D eigenvalue weighted by Gasteiger charge is -2.12. The summed E-state index contributed by atoms with van der Waals surface area (Å²) in [6, 6.07) is 1.38. The number of carbonyl (C=O) groups is 1. The Hall–Kier alpha value is -1.23. The van der Waals surface area contributed by atoms with Crippen molar-refractivity contribution in [3.05, 3.63) is 16.1 Å². The van der Waals surface area contributed by atoms with E-state index >= 15 is 0 Å². The third kappa shape index (κ3) is 1.68. The number of hydrogen-bond donors (Lipinski definition) is 1.